The predicted molar refractivity (Wildman–Crippen MR) is 108 cm³/mol. The van der Waals surface area contributed by atoms with E-state index in [0.29, 0.717) is 39.1 Å². The highest BCUT2D eigenvalue weighted by Crippen LogP contribution is 2.31. The topological polar surface area (TPSA) is 61.9 Å². The highest BCUT2D eigenvalue weighted by molar-refractivity contribution is 7.89. The molecule has 1 fully saturated rings. The van der Waals surface area contributed by atoms with Gasteiger partial charge in [-0.15, -0.1) is 4.41 Å². The Balaban J connectivity index is 1.57. The number of sulfonamides is 1. The van der Waals surface area contributed by atoms with Crippen molar-refractivity contribution >= 4 is 10.0 Å². The molecule has 29 heavy (non-hydrogen) atoms. The molecular weight excluding hydrogens is 393 g/mol. The molecule has 6 nitrogen and oxygen atoms in total. The normalized spacial score (nSPS) is 20.6. The van der Waals surface area contributed by atoms with Gasteiger partial charge < -0.3 is 10.1 Å². The maximum atomic E-state index is 13.6. The van der Waals surface area contributed by atoms with Gasteiger partial charge in [0.05, 0.1) is 17.6 Å². The molecule has 1 saturated heterocycles. The molecule has 1 unspecified atom stereocenters. The zero-order valence-corrected chi connectivity index (χ0v) is 17.1. The lowest BCUT2D eigenvalue weighted by Crippen LogP contribution is -2.54. The Bertz CT molecular complexity index is 933. The van der Waals surface area contributed by atoms with Crippen molar-refractivity contribution in [1.82, 2.24) is 14.7 Å². The van der Waals surface area contributed by atoms with Crippen LogP contribution in [-0.4, -0.2) is 57.2 Å². The van der Waals surface area contributed by atoms with Crippen LogP contribution in [0.1, 0.15) is 23.7 Å². The van der Waals surface area contributed by atoms with Crippen LogP contribution in [0.4, 0.5) is 4.39 Å². The molecule has 0 aliphatic carbocycles. The molecule has 0 radical (unpaired) electrons. The van der Waals surface area contributed by atoms with Crippen molar-refractivity contribution in [2.24, 2.45) is 0 Å². The summed E-state index contributed by atoms with van der Waals surface area (Å²) in [5, 5.41) is 5.16. The number of rotatable bonds is 6. The minimum absolute atomic E-state index is 0.240. The third-order valence-electron chi connectivity index (χ3n) is 5.45. The molecule has 8 heteroatoms. The van der Waals surface area contributed by atoms with E-state index in [2.05, 4.69) is 5.32 Å². The van der Waals surface area contributed by atoms with E-state index in [1.807, 2.05) is 5.01 Å². The Hall–Kier alpha value is -1.84. The van der Waals surface area contributed by atoms with Crippen molar-refractivity contribution in [2.45, 2.75) is 23.8 Å². The first kappa shape index (κ1) is 20.4. The fraction of sp³-hybridized carbons (Fsp3) is 0.429. The summed E-state index contributed by atoms with van der Waals surface area (Å²) in [6.45, 7) is 3.55. The van der Waals surface area contributed by atoms with Gasteiger partial charge in [0.25, 0.3) is 10.0 Å². The molecular formula is C21H26FN3O3S. The van der Waals surface area contributed by atoms with Gasteiger partial charge in [0.2, 0.25) is 0 Å². The van der Waals surface area contributed by atoms with E-state index in [1.54, 1.807) is 42.5 Å². The van der Waals surface area contributed by atoms with E-state index in [0.717, 1.165) is 24.2 Å². The van der Waals surface area contributed by atoms with E-state index >= 15 is 0 Å². The minimum atomic E-state index is -3.67. The van der Waals surface area contributed by atoms with Crippen LogP contribution in [0.2, 0.25) is 0 Å². The molecule has 0 bridgehead atoms. The zero-order valence-electron chi connectivity index (χ0n) is 16.3. The molecule has 1 N–H and O–H groups in total. The van der Waals surface area contributed by atoms with Gasteiger partial charge in [-0.05, 0) is 48.2 Å². The molecule has 4 rings (SSSR count). The SMILES string of the molecule is O=S(=O)(c1ccccc1)N(CCC1OCCc2cc(F)ccc21)N1CCNCC1. The Morgan fingerprint density at radius 3 is 2.66 bits per heavy atom. The van der Waals surface area contributed by atoms with Gasteiger partial charge in [0, 0.05) is 32.7 Å². The summed E-state index contributed by atoms with van der Waals surface area (Å²) in [7, 11) is -3.67. The Morgan fingerprint density at radius 1 is 1.14 bits per heavy atom. The number of benzene rings is 2. The highest BCUT2D eigenvalue weighted by Gasteiger charge is 2.32. The molecule has 2 aliphatic rings. The molecule has 2 aromatic carbocycles. The Morgan fingerprint density at radius 2 is 1.90 bits per heavy atom. The number of nitrogens with zero attached hydrogens (tertiary/aromatic N) is 2. The molecule has 0 aromatic heterocycles. The first-order chi connectivity index (χ1) is 14.1. The number of hydrogen-bond acceptors (Lipinski definition) is 5. The second-order valence-electron chi connectivity index (χ2n) is 7.31. The maximum absolute atomic E-state index is 13.6. The molecule has 0 saturated carbocycles. The first-order valence-corrected chi connectivity index (χ1v) is 11.4. The smallest absolute Gasteiger partial charge is 0.255 e. The third kappa shape index (κ3) is 4.51. The number of halogens is 1. The third-order valence-corrected chi connectivity index (χ3v) is 7.29. The van der Waals surface area contributed by atoms with Crippen molar-refractivity contribution in [2.75, 3.05) is 39.3 Å². The van der Waals surface area contributed by atoms with Crippen LogP contribution in [0.5, 0.6) is 0 Å². The van der Waals surface area contributed by atoms with Gasteiger partial charge >= 0.3 is 0 Å². The largest absolute Gasteiger partial charge is 0.373 e. The van der Waals surface area contributed by atoms with Gasteiger partial charge in [-0.1, -0.05) is 24.3 Å². The number of hydrogen-bond donors (Lipinski definition) is 1. The van der Waals surface area contributed by atoms with Crippen LogP contribution in [0, 0.1) is 5.82 Å². The first-order valence-electron chi connectivity index (χ1n) is 9.99. The number of hydrazine groups is 1. The number of piperazine rings is 1. The average molecular weight is 420 g/mol. The van der Waals surface area contributed by atoms with Gasteiger partial charge in [0.15, 0.2) is 0 Å². The van der Waals surface area contributed by atoms with Crippen molar-refractivity contribution in [3.8, 4) is 0 Å². The lowest BCUT2D eigenvalue weighted by atomic mass is 9.95. The summed E-state index contributed by atoms with van der Waals surface area (Å²) in [6.07, 6.45) is 0.943. The molecule has 156 valence electrons. The fourth-order valence-electron chi connectivity index (χ4n) is 3.98. The van der Waals surface area contributed by atoms with E-state index < -0.39 is 10.0 Å². The van der Waals surface area contributed by atoms with Crippen molar-refractivity contribution in [3.63, 3.8) is 0 Å². The van der Waals surface area contributed by atoms with Crippen LogP contribution >= 0.6 is 0 Å². The number of ether oxygens (including phenoxy) is 1. The van der Waals surface area contributed by atoms with E-state index in [-0.39, 0.29) is 16.8 Å². The van der Waals surface area contributed by atoms with Crippen LogP contribution in [-0.2, 0) is 21.2 Å². The minimum Gasteiger partial charge on any atom is -0.373 e. The van der Waals surface area contributed by atoms with Gasteiger partial charge in [-0.25, -0.2) is 17.8 Å². The quantitative estimate of drug-likeness (QED) is 0.779. The fourth-order valence-corrected chi connectivity index (χ4v) is 5.53. The zero-order chi connectivity index (χ0) is 20.3. The summed E-state index contributed by atoms with van der Waals surface area (Å²) in [5.74, 6) is -0.251. The average Bonchev–Trinajstić information content (AvgIpc) is 2.75. The number of nitrogens with one attached hydrogen (secondary N) is 1. The van der Waals surface area contributed by atoms with Crippen LogP contribution in [0.25, 0.3) is 0 Å². The van der Waals surface area contributed by atoms with E-state index in [1.165, 1.54) is 10.5 Å². The molecule has 2 heterocycles. The summed E-state index contributed by atoms with van der Waals surface area (Å²) >= 11 is 0. The Labute approximate surface area is 171 Å². The lowest BCUT2D eigenvalue weighted by Gasteiger charge is -2.37. The molecule has 0 amide bonds. The molecule has 1 atom stereocenters. The number of fused-ring (bicyclic) bond motifs is 1. The van der Waals surface area contributed by atoms with Gasteiger partial charge in [-0.3, -0.25) is 0 Å². The van der Waals surface area contributed by atoms with Gasteiger partial charge in [0.1, 0.15) is 5.82 Å². The molecule has 2 aromatic rings. The Kier molecular flexibility index (Phi) is 6.26. The summed E-state index contributed by atoms with van der Waals surface area (Å²) < 4.78 is 47.7. The van der Waals surface area contributed by atoms with Crippen molar-refractivity contribution in [3.05, 3.63) is 65.5 Å². The van der Waals surface area contributed by atoms with Crippen LogP contribution in [0.3, 0.4) is 0 Å². The summed E-state index contributed by atoms with van der Waals surface area (Å²) in [4.78, 5) is 0.283. The summed E-state index contributed by atoms with van der Waals surface area (Å²) in [5.41, 5.74) is 1.90. The van der Waals surface area contributed by atoms with E-state index in [4.69, 9.17) is 4.74 Å². The monoisotopic (exact) mass is 419 g/mol. The van der Waals surface area contributed by atoms with Crippen LogP contribution < -0.4 is 5.32 Å². The predicted octanol–water partition coefficient (Wildman–Crippen LogP) is 2.34. The second-order valence-corrected chi connectivity index (χ2v) is 9.15. The second kappa shape index (κ2) is 8.89. The summed E-state index contributed by atoms with van der Waals surface area (Å²) in [6, 6.07) is 13.3. The van der Waals surface area contributed by atoms with Crippen LogP contribution in [0.15, 0.2) is 53.4 Å². The highest BCUT2D eigenvalue weighted by atomic mass is 32.2. The van der Waals surface area contributed by atoms with Gasteiger partial charge in [-0.2, -0.15) is 0 Å². The van der Waals surface area contributed by atoms with Crippen molar-refractivity contribution in [1.29, 1.82) is 0 Å². The molecule has 2 aliphatic heterocycles. The maximum Gasteiger partial charge on any atom is 0.255 e. The van der Waals surface area contributed by atoms with E-state index in [9.17, 15) is 12.8 Å². The lowest BCUT2D eigenvalue weighted by molar-refractivity contribution is 0.00354. The van der Waals surface area contributed by atoms with Crippen molar-refractivity contribution < 1.29 is 17.5 Å². The molecule has 0 spiro atoms. The standard InChI is InChI=1S/C21H26FN3O3S/c22-18-6-7-20-17(16-18)9-15-28-21(20)8-12-25(24-13-10-23-11-14-24)29(26,27)19-4-2-1-3-5-19/h1-7,16,21,23H,8-15H2.